The van der Waals surface area contributed by atoms with Gasteiger partial charge in [-0.1, -0.05) is 15.9 Å². The third-order valence-corrected chi connectivity index (χ3v) is 10.2. The number of carbonyl (C=O) groups excluding carboxylic acids is 9. The molecule has 1 aromatic carbocycles. The largest absolute Gasteiger partial charge is 0.480 e. The maximum atomic E-state index is 13.3. The molecule has 16 N–H and O–H groups in total. The van der Waals surface area contributed by atoms with Gasteiger partial charge in [0.2, 0.25) is 47.3 Å². The minimum atomic E-state index is -1.88. The van der Waals surface area contributed by atoms with Crippen molar-refractivity contribution in [2.24, 2.45) is 5.73 Å². The molecule has 25 nitrogen and oxygen atoms in total. The van der Waals surface area contributed by atoms with Gasteiger partial charge in [-0.05, 0) is 76.3 Å². The number of carboxylic acid groups (broad SMARTS) is 1. The minimum absolute atomic E-state index is 0.0858. The number of carboxylic acids is 1. The topological polar surface area (TPSA) is 406 Å². The Morgan fingerprint density at radius 3 is 1.53 bits per heavy atom. The first kappa shape index (κ1) is 54.3. The number of nitrogens with one attached hydrogen (secondary N) is 9. The van der Waals surface area contributed by atoms with E-state index in [9.17, 15) is 73.5 Å². The van der Waals surface area contributed by atoms with Crippen LogP contribution in [0.25, 0.3) is 0 Å². The van der Waals surface area contributed by atoms with Gasteiger partial charge in [0, 0.05) is 23.0 Å². The van der Waals surface area contributed by atoms with Gasteiger partial charge in [0.25, 0.3) is 5.91 Å². The summed E-state index contributed by atoms with van der Waals surface area (Å²) in [6.45, 7) is -2.27. The number of nitrogens with two attached hydrogens (primary N) is 1. The van der Waals surface area contributed by atoms with Crippen molar-refractivity contribution in [3.05, 3.63) is 34.3 Å². The van der Waals surface area contributed by atoms with Crippen LogP contribution < -0.4 is 53.6 Å². The SMILES string of the molecule is C[C@H](NC(=O)[C@H](CCCCNC(=O)c1ccc(Br)cc1)NC(=O)[C@H](CO)NC(=O)[C@H](CO)NC(=O)[C@H](CO)NC(=O)[C@H](CCC(N)=O)NC(=O)[C@H](CO)NC(=O)[C@@H]1CCCN1)C(=O)O. The van der Waals surface area contributed by atoms with Crippen LogP contribution in [0.1, 0.15) is 62.2 Å². The molecule has 9 amide bonds. The van der Waals surface area contributed by atoms with Crippen molar-refractivity contribution in [3.63, 3.8) is 0 Å². The van der Waals surface area contributed by atoms with Crippen molar-refractivity contribution < 1.29 is 73.5 Å². The highest BCUT2D eigenvalue weighted by atomic mass is 79.9. The summed E-state index contributed by atoms with van der Waals surface area (Å²) in [5.41, 5.74) is 5.61. The van der Waals surface area contributed by atoms with Crippen LogP contribution in [0.5, 0.6) is 0 Å². The van der Waals surface area contributed by atoms with E-state index in [-0.39, 0.29) is 25.3 Å². The van der Waals surface area contributed by atoms with E-state index in [0.717, 1.165) is 4.47 Å². The van der Waals surface area contributed by atoms with E-state index in [0.29, 0.717) is 31.4 Å². The van der Waals surface area contributed by atoms with Gasteiger partial charge in [0.05, 0.1) is 32.5 Å². The van der Waals surface area contributed by atoms with Crippen LogP contribution in [0.4, 0.5) is 0 Å². The fourth-order valence-corrected chi connectivity index (χ4v) is 6.16. The van der Waals surface area contributed by atoms with Gasteiger partial charge in [-0.15, -0.1) is 0 Å². The van der Waals surface area contributed by atoms with Crippen molar-refractivity contribution in [2.75, 3.05) is 39.5 Å². The van der Waals surface area contributed by atoms with Crippen LogP contribution in [-0.4, -0.2) is 173 Å². The van der Waals surface area contributed by atoms with Crippen LogP contribution in [0.15, 0.2) is 28.7 Å². The Labute approximate surface area is 375 Å². The summed E-state index contributed by atoms with van der Waals surface area (Å²) < 4.78 is 0.776. The molecule has 2 rings (SSSR count). The zero-order chi connectivity index (χ0) is 47.9. The molecule has 0 aliphatic carbocycles. The molecule has 64 heavy (non-hydrogen) atoms. The van der Waals surface area contributed by atoms with Crippen LogP contribution in [-0.2, 0) is 43.2 Å². The lowest BCUT2D eigenvalue weighted by Gasteiger charge is -2.26. The fraction of sp³-hybridized carbons (Fsp3) is 0.579. The number of rotatable bonds is 28. The van der Waals surface area contributed by atoms with Gasteiger partial charge in [-0.25, -0.2) is 0 Å². The first-order chi connectivity index (χ1) is 30.3. The summed E-state index contributed by atoms with van der Waals surface area (Å²) in [4.78, 5) is 127. The number of hydrogen-bond donors (Lipinski definition) is 15. The Morgan fingerprint density at radius 1 is 0.656 bits per heavy atom. The zero-order valence-corrected chi connectivity index (χ0v) is 36.5. The number of aliphatic hydroxyl groups excluding tert-OH is 4. The molecule has 0 aromatic heterocycles. The monoisotopic (exact) mass is 972 g/mol. The lowest BCUT2D eigenvalue weighted by molar-refractivity contribution is -0.142. The number of halogens is 1. The zero-order valence-electron chi connectivity index (χ0n) is 34.9. The summed E-state index contributed by atoms with van der Waals surface area (Å²) in [5.74, 6) is -9.96. The molecule has 0 radical (unpaired) electrons. The number of hydrogen-bond acceptors (Lipinski definition) is 15. The summed E-state index contributed by atoms with van der Waals surface area (Å²) >= 11 is 3.28. The lowest BCUT2D eigenvalue weighted by atomic mass is 10.1. The molecular formula is C38H57BrN10O15. The second-order valence-electron chi connectivity index (χ2n) is 14.6. The molecule has 1 aliphatic heterocycles. The molecule has 0 saturated carbocycles. The van der Waals surface area contributed by atoms with Crippen LogP contribution in [0.2, 0.25) is 0 Å². The first-order valence-corrected chi connectivity index (χ1v) is 21.0. The molecule has 1 saturated heterocycles. The average Bonchev–Trinajstić information content (AvgIpc) is 3.81. The smallest absolute Gasteiger partial charge is 0.325 e. The van der Waals surface area contributed by atoms with Gasteiger partial charge >= 0.3 is 5.97 Å². The second kappa shape index (κ2) is 28.1. The van der Waals surface area contributed by atoms with E-state index in [1.807, 2.05) is 0 Å². The normalized spacial score (nSPS) is 16.5. The maximum absolute atomic E-state index is 13.3. The van der Waals surface area contributed by atoms with E-state index < -0.39 is 141 Å². The van der Waals surface area contributed by atoms with Crippen LogP contribution in [0, 0.1) is 0 Å². The van der Waals surface area contributed by atoms with Crippen molar-refractivity contribution in [1.29, 1.82) is 0 Å². The van der Waals surface area contributed by atoms with Gasteiger partial charge < -0.3 is 79.1 Å². The van der Waals surface area contributed by atoms with Crippen LogP contribution >= 0.6 is 15.9 Å². The van der Waals surface area contributed by atoms with E-state index in [4.69, 9.17) is 5.73 Å². The second-order valence-corrected chi connectivity index (χ2v) is 15.5. The predicted octanol–water partition coefficient (Wildman–Crippen LogP) is -6.17. The number of amides is 9. The summed E-state index contributed by atoms with van der Waals surface area (Å²) in [5, 5.41) is 70.0. The molecule has 8 atom stereocenters. The first-order valence-electron chi connectivity index (χ1n) is 20.2. The molecule has 1 fully saturated rings. The number of benzene rings is 1. The molecule has 0 spiro atoms. The molecule has 0 bridgehead atoms. The number of unbranched alkanes of at least 4 members (excludes halogenated alkanes) is 1. The van der Waals surface area contributed by atoms with E-state index >= 15 is 0 Å². The van der Waals surface area contributed by atoms with Gasteiger partial charge in [0.15, 0.2) is 0 Å². The highest BCUT2D eigenvalue weighted by Crippen LogP contribution is 2.11. The summed E-state index contributed by atoms with van der Waals surface area (Å²) in [7, 11) is 0. The Balaban J connectivity index is 2.07. The Bertz CT molecular complexity index is 1800. The lowest BCUT2D eigenvalue weighted by Crippen LogP contribution is -2.61. The van der Waals surface area contributed by atoms with E-state index in [2.05, 4.69) is 63.8 Å². The molecule has 26 heteroatoms. The minimum Gasteiger partial charge on any atom is -0.480 e. The number of aliphatic carboxylic acids is 1. The molecule has 0 unspecified atom stereocenters. The molecule has 1 aromatic rings. The van der Waals surface area contributed by atoms with Crippen molar-refractivity contribution >= 4 is 75.1 Å². The highest BCUT2D eigenvalue weighted by molar-refractivity contribution is 9.10. The van der Waals surface area contributed by atoms with E-state index in [1.54, 1.807) is 24.3 Å². The predicted molar refractivity (Wildman–Crippen MR) is 225 cm³/mol. The van der Waals surface area contributed by atoms with Crippen LogP contribution in [0.3, 0.4) is 0 Å². The summed E-state index contributed by atoms with van der Waals surface area (Å²) in [6.07, 6.45) is 0.745. The molecule has 1 heterocycles. The fourth-order valence-electron chi connectivity index (χ4n) is 5.90. The van der Waals surface area contributed by atoms with Crippen molar-refractivity contribution in [3.8, 4) is 0 Å². The standard InChI is InChI=1S/C38H57BrN10O15/c1-19(38(63)64)43-32(57)23(5-2-3-13-42-30(55)20-7-9-21(39)10-8-20)44-34(59)26(16-51)48-37(62)28(18-53)49-36(61)27(17-52)47-33(58)24(11-12-29(40)54)45-35(60)25(15-50)46-31(56)22-6-4-14-41-22/h7-10,19,22-28,41,50-53H,2-6,11-18H2,1H3,(H2,40,54)(H,42,55)(H,43,57)(H,44,59)(H,45,60)(H,46,56)(H,47,58)(H,48,62)(H,49,61)(H,63,64)/t19-,22-,23-,24-,25-,26-,27-,28-/m0/s1. The maximum Gasteiger partial charge on any atom is 0.325 e. The van der Waals surface area contributed by atoms with Gasteiger partial charge in [-0.2, -0.15) is 0 Å². The third-order valence-electron chi connectivity index (χ3n) is 9.63. The third kappa shape index (κ3) is 18.5. The molecule has 1 aliphatic rings. The Kier molecular flexibility index (Phi) is 23.8. The molecule has 356 valence electrons. The highest BCUT2D eigenvalue weighted by Gasteiger charge is 2.34. The molecular weight excluding hydrogens is 916 g/mol. The van der Waals surface area contributed by atoms with Gasteiger partial charge in [-0.3, -0.25) is 47.9 Å². The average molecular weight is 974 g/mol. The Hall–Kier alpha value is -5.80. The number of primary amides is 1. The number of carbonyl (C=O) groups is 10. The summed E-state index contributed by atoms with van der Waals surface area (Å²) in [6, 6.07) is -5.48. The Morgan fingerprint density at radius 2 is 1.09 bits per heavy atom. The van der Waals surface area contributed by atoms with Crippen molar-refractivity contribution in [1.82, 2.24) is 47.9 Å². The van der Waals surface area contributed by atoms with E-state index in [1.165, 1.54) is 6.92 Å². The van der Waals surface area contributed by atoms with Gasteiger partial charge in [0.1, 0.15) is 42.3 Å². The van der Waals surface area contributed by atoms with Crippen molar-refractivity contribution in [2.45, 2.75) is 100 Å². The quantitative estimate of drug-likeness (QED) is 0.0348. The number of aliphatic hydroxyl groups is 4.